The molecule has 4 bridgehead atoms. The maximum Gasteiger partial charge on any atom is 0.521 e. The molecular weight excluding hydrogens is 738 g/mol. The van der Waals surface area contributed by atoms with Gasteiger partial charge in [0.1, 0.15) is 5.94 Å². The smallest absolute Gasteiger partial charge is 0.481 e. The van der Waals surface area contributed by atoms with Gasteiger partial charge in [0, 0.05) is 12.3 Å². The van der Waals surface area contributed by atoms with Crippen molar-refractivity contribution in [3.63, 3.8) is 0 Å². The normalized spacial score (nSPS) is 33.3. The predicted molar refractivity (Wildman–Crippen MR) is 235 cm³/mol. The number of carbonyl (C=O) groups is 2. The summed E-state index contributed by atoms with van der Waals surface area (Å²) in [6, 6.07) is 19.8. The number of aliphatic carboxylic acids is 1. The Morgan fingerprint density at radius 1 is 0.746 bits per heavy atom. The Bertz CT molecular complexity index is 1780. The first-order valence-electron chi connectivity index (χ1n) is 22.2. The van der Waals surface area contributed by atoms with Gasteiger partial charge >= 0.3 is 20.2 Å². The second-order valence-corrected chi connectivity index (χ2v) is 20.1. The lowest BCUT2D eigenvalue weighted by Gasteiger charge is -2.64. The molecule has 0 radical (unpaired) electrons. The van der Waals surface area contributed by atoms with E-state index in [1.54, 1.807) is 6.92 Å². The maximum atomic E-state index is 12.9. The van der Waals surface area contributed by atoms with Crippen molar-refractivity contribution in [2.75, 3.05) is 0 Å². The van der Waals surface area contributed by atoms with Gasteiger partial charge in [0.2, 0.25) is 5.91 Å². The van der Waals surface area contributed by atoms with Crippen molar-refractivity contribution in [1.29, 1.82) is 0 Å². The number of hydrogen-bond acceptors (Lipinski definition) is 6. The van der Waals surface area contributed by atoms with Crippen LogP contribution in [0.3, 0.4) is 0 Å². The first-order valence-corrected chi connectivity index (χ1v) is 22.2. The molecule has 8 fully saturated rings. The molecule has 2 heterocycles. The van der Waals surface area contributed by atoms with Gasteiger partial charge in [-0.15, -0.1) is 13.2 Å². The first kappa shape index (κ1) is 45.3. The Morgan fingerprint density at radius 3 is 1.63 bits per heavy atom. The standard InChI is InChI=1S/C24H34BNO3.C14H24BNO2.C10H12O2/c1-6-10-21(26-22(27)16(2)13-17-11-8-7-9-12-17)25-28-20-15-18-14-19(23(18,3)4)24(20,5)29-25;1-5-6-12(16)15-17-11-8-9-7-10(13(9,2)3)14(11,4)18-15;1-8(10(11)12)7-9-5-3-2-4-6-9/h6-9,11-12,16,18-21H,1,10,13-15H2,2-5H3,(H,26,27);5,9-12H,1,6-8,16H2,2-4H3;2-6,8H,7H2,1H3,(H,11,12)/p+1/t16-,18-,19-,20+,21-,24-;9-,10-,11+,12-,14-;8-/m000/s1. The number of carboxylic acid groups (broad SMARTS) is 1. The van der Waals surface area contributed by atoms with E-state index < -0.39 is 13.1 Å². The minimum Gasteiger partial charge on any atom is -0.481 e. The maximum absolute atomic E-state index is 12.9. The Hall–Kier alpha value is -3.21. The number of rotatable bonds is 13. The van der Waals surface area contributed by atoms with Gasteiger partial charge in [-0.2, -0.15) is 0 Å². The van der Waals surface area contributed by atoms with Crippen molar-refractivity contribution in [1.82, 2.24) is 5.32 Å². The minimum absolute atomic E-state index is 0.0394. The van der Waals surface area contributed by atoms with Gasteiger partial charge in [-0.3, -0.25) is 9.59 Å². The highest BCUT2D eigenvalue weighted by Crippen LogP contribution is 2.67. The Labute approximate surface area is 354 Å². The van der Waals surface area contributed by atoms with E-state index >= 15 is 0 Å². The molecule has 6 saturated carbocycles. The van der Waals surface area contributed by atoms with Crippen LogP contribution in [0, 0.1) is 46.3 Å². The molecule has 2 aromatic carbocycles. The summed E-state index contributed by atoms with van der Waals surface area (Å²) in [6.45, 7) is 25.3. The van der Waals surface area contributed by atoms with Crippen LogP contribution in [0.5, 0.6) is 0 Å². The largest absolute Gasteiger partial charge is 0.521 e. The molecule has 59 heavy (non-hydrogen) atoms. The number of benzene rings is 2. The first-order chi connectivity index (χ1) is 27.8. The molecule has 2 aromatic rings. The van der Waals surface area contributed by atoms with Crippen molar-refractivity contribution in [2.24, 2.45) is 46.3 Å². The van der Waals surface area contributed by atoms with Crippen LogP contribution >= 0.6 is 0 Å². The lowest BCUT2D eigenvalue weighted by Crippen LogP contribution is -2.69. The SMILES string of the molecule is C=CC[C@H](NC(=O)[C@@H](C)Cc1ccccc1)B1O[C@@H]2C[C@@H]3C[C@@H](C3(C)C)[C@]2(C)O1.C=CC[C@H]([NH3+])B1O[C@@H]2C[C@@H]3C[C@@H](C3(C)C)[C@]2(C)O1.C[C@@H](Cc1ccccc1)C(=O)O. The molecule has 11 heteroatoms. The molecule has 1 amide bonds. The van der Waals surface area contributed by atoms with Crippen LogP contribution in [-0.2, 0) is 41.0 Å². The van der Waals surface area contributed by atoms with E-state index in [0.29, 0.717) is 41.4 Å². The van der Waals surface area contributed by atoms with Crippen LogP contribution in [0.2, 0.25) is 0 Å². The number of carboxylic acids is 1. The van der Waals surface area contributed by atoms with Crippen LogP contribution in [0.4, 0.5) is 0 Å². The van der Waals surface area contributed by atoms with Crippen LogP contribution in [0.1, 0.15) is 105 Å². The summed E-state index contributed by atoms with van der Waals surface area (Å²) in [7, 11) is -0.556. The highest BCUT2D eigenvalue weighted by atomic mass is 16.7. The number of carbonyl (C=O) groups excluding carboxylic acids is 1. The fourth-order valence-electron chi connectivity index (χ4n) is 11.4. The number of quaternary nitrogens is 1. The summed E-state index contributed by atoms with van der Waals surface area (Å²) in [4.78, 5) is 23.4. The predicted octanol–water partition coefficient (Wildman–Crippen LogP) is 7.58. The fourth-order valence-corrected chi connectivity index (χ4v) is 11.4. The average Bonchev–Trinajstić information content (AvgIpc) is 3.76. The molecule has 8 aliphatic rings. The molecule has 320 valence electrons. The summed E-state index contributed by atoms with van der Waals surface area (Å²) in [5.41, 5.74) is 6.77. The van der Waals surface area contributed by atoms with E-state index in [-0.39, 0.29) is 60.2 Å². The van der Waals surface area contributed by atoms with E-state index in [1.807, 2.05) is 67.6 Å². The van der Waals surface area contributed by atoms with Crippen LogP contribution in [0.25, 0.3) is 0 Å². The van der Waals surface area contributed by atoms with Crippen LogP contribution in [-0.4, -0.2) is 66.5 Å². The Morgan fingerprint density at radius 2 is 1.19 bits per heavy atom. The third-order valence-electron chi connectivity index (χ3n) is 15.5. The molecule has 6 aliphatic carbocycles. The zero-order chi connectivity index (χ0) is 42.9. The van der Waals surface area contributed by atoms with Crippen molar-refractivity contribution in [2.45, 2.75) is 142 Å². The molecule has 2 saturated heterocycles. The molecule has 5 N–H and O–H groups in total. The second kappa shape index (κ2) is 18.0. The van der Waals surface area contributed by atoms with Crippen molar-refractivity contribution < 1.29 is 39.0 Å². The molecular formula is C48H71B2N2O7+. The number of nitrogens with one attached hydrogen (secondary N) is 1. The lowest BCUT2D eigenvalue weighted by atomic mass is 9.43. The van der Waals surface area contributed by atoms with Gasteiger partial charge in [0.25, 0.3) is 0 Å². The highest BCUT2D eigenvalue weighted by Gasteiger charge is 2.70. The summed E-state index contributed by atoms with van der Waals surface area (Å²) in [5, 5.41) is 11.8. The van der Waals surface area contributed by atoms with E-state index in [1.165, 1.54) is 18.4 Å². The van der Waals surface area contributed by atoms with E-state index in [0.717, 1.165) is 37.2 Å². The molecule has 12 atom stereocenters. The van der Waals surface area contributed by atoms with Gasteiger partial charge in [-0.1, -0.05) is 114 Å². The minimum atomic E-state index is -0.737. The van der Waals surface area contributed by atoms with Gasteiger partial charge in [-0.05, 0) is 104 Å². The zero-order valence-electron chi connectivity index (χ0n) is 37.0. The third kappa shape index (κ3) is 9.21. The number of amides is 1. The molecule has 9 nitrogen and oxygen atoms in total. The topological polar surface area (TPSA) is 131 Å². The average molecular weight is 810 g/mol. The van der Waals surface area contributed by atoms with Gasteiger partial charge in [-0.25, -0.2) is 0 Å². The monoisotopic (exact) mass is 810 g/mol. The summed E-state index contributed by atoms with van der Waals surface area (Å²) in [6.07, 6.45) is 11.7. The zero-order valence-corrected chi connectivity index (χ0v) is 37.0. The van der Waals surface area contributed by atoms with Crippen LogP contribution in [0.15, 0.2) is 86.0 Å². The van der Waals surface area contributed by atoms with E-state index in [9.17, 15) is 9.59 Å². The Balaban J connectivity index is 0.000000165. The van der Waals surface area contributed by atoms with Gasteiger partial charge in [0.05, 0.1) is 35.3 Å². The second-order valence-electron chi connectivity index (χ2n) is 20.1. The molecule has 10 rings (SSSR count). The van der Waals surface area contributed by atoms with Gasteiger partial charge in [0.15, 0.2) is 0 Å². The number of hydrogen-bond donors (Lipinski definition) is 3. The van der Waals surface area contributed by atoms with Gasteiger partial charge < -0.3 is 34.8 Å². The van der Waals surface area contributed by atoms with E-state index in [2.05, 4.69) is 77.9 Å². The molecule has 0 spiro atoms. The summed E-state index contributed by atoms with van der Waals surface area (Å²) >= 11 is 0. The molecule has 2 aliphatic heterocycles. The third-order valence-corrected chi connectivity index (χ3v) is 15.5. The lowest BCUT2D eigenvalue weighted by molar-refractivity contribution is -0.396. The van der Waals surface area contributed by atoms with E-state index in [4.69, 9.17) is 23.7 Å². The summed E-state index contributed by atoms with van der Waals surface area (Å²) in [5.74, 6) is 1.51. The quantitative estimate of drug-likeness (QED) is 0.141. The molecule has 0 aromatic heterocycles. The fraction of sp³-hybridized carbons (Fsp3) is 0.625. The van der Waals surface area contributed by atoms with Crippen molar-refractivity contribution in [3.8, 4) is 0 Å². The highest BCUT2D eigenvalue weighted by molar-refractivity contribution is 6.48. The summed E-state index contributed by atoms with van der Waals surface area (Å²) < 4.78 is 25.4. The Kier molecular flexibility index (Phi) is 13.8. The van der Waals surface area contributed by atoms with Crippen LogP contribution < -0.4 is 11.1 Å². The van der Waals surface area contributed by atoms with Crippen molar-refractivity contribution in [3.05, 3.63) is 97.1 Å². The van der Waals surface area contributed by atoms with Crippen molar-refractivity contribution >= 4 is 26.1 Å². The molecule has 0 unspecified atom stereocenters.